The van der Waals surface area contributed by atoms with Crippen LogP contribution in [0.1, 0.15) is 17.4 Å². The average molecular weight is 393 g/mol. The highest BCUT2D eigenvalue weighted by Gasteiger charge is 2.26. The minimum atomic E-state index is -0.423. The second kappa shape index (κ2) is 8.32. The molecule has 0 unspecified atom stereocenters. The zero-order chi connectivity index (χ0) is 20.2. The van der Waals surface area contributed by atoms with Crippen LogP contribution in [0.25, 0.3) is 10.8 Å². The Labute approximate surface area is 168 Å². The number of carbonyl (C=O) groups excluding carboxylic acids is 2. The number of nitrogens with one attached hydrogen (secondary N) is 2. The lowest BCUT2D eigenvalue weighted by Crippen LogP contribution is -2.41. The van der Waals surface area contributed by atoms with E-state index in [2.05, 4.69) is 15.7 Å². The van der Waals surface area contributed by atoms with Crippen LogP contribution in [0.15, 0.2) is 48.7 Å². The topological polar surface area (TPSA) is 88.5 Å². The summed E-state index contributed by atoms with van der Waals surface area (Å²) in [5.41, 5.74) is 1.47. The molecule has 3 aromatic rings. The Morgan fingerprint density at radius 3 is 2.55 bits per heavy atom. The number of amides is 3. The number of benzene rings is 2. The van der Waals surface area contributed by atoms with Gasteiger partial charge >= 0.3 is 6.03 Å². The van der Waals surface area contributed by atoms with Crippen LogP contribution in [0.4, 0.5) is 16.2 Å². The van der Waals surface area contributed by atoms with Crippen LogP contribution in [0, 0.1) is 0 Å². The Morgan fingerprint density at radius 2 is 1.76 bits per heavy atom. The van der Waals surface area contributed by atoms with Crippen molar-refractivity contribution >= 4 is 34.1 Å². The SMILES string of the molecule is CCn1ncc(NC(=O)Nc2cccc3ccccc23)c1C(=O)N1CCOCC1. The minimum absolute atomic E-state index is 0.159. The van der Waals surface area contributed by atoms with Gasteiger partial charge in [0.15, 0.2) is 0 Å². The molecule has 150 valence electrons. The Hall–Kier alpha value is -3.39. The van der Waals surface area contributed by atoms with E-state index in [9.17, 15) is 9.59 Å². The number of morpholine rings is 1. The molecule has 1 aliphatic rings. The number of fused-ring (bicyclic) bond motifs is 1. The van der Waals surface area contributed by atoms with Gasteiger partial charge < -0.3 is 20.3 Å². The molecule has 8 heteroatoms. The summed E-state index contributed by atoms with van der Waals surface area (Å²) in [5.74, 6) is -0.159. The highest BCUT2D eigenvalue weighted by atomic mass is 16.5. The van der Waals surface area contributed by atoms with Crippen molar-refractivity contribution in [3.05, 3.63) is 54.4 Å². The molecule has 0 atom stereocenters. The molecule has 0 bridgehead atoms. The van der Waals surface area contributed by atoms with Crippen molar-refractivity contribution in [1.82, 2.24) is 14.7 Å². The van der Waals surface area contributed by atoms with Crippen molar-refractivity contribution in [3.63, 3.8) is 0 Å². The molecule has 0 aliphatic carbocycles. The molecule has 1 saturated heterocycles. The lowest BCUT2D eigenvalue weighted by atomic mass is 10.1. The first kappa shape index (κ1) is 18.9. The van der Waals surface area contributed by atoms with Crippen molar-refractivity contribution in [2.45, 2.75) is 13.5 Å². The highest BCUT2D eigenvalue weighted by molar-refractivity contribution is 6.08. The van der Waals surface area contributed by atoms with Crippen molar-refractivity contribution in [2.75, 3.05) is 36.9 Å². The van der Waals surface area contributed by atoms with Crippen molar-refractivity contribution < 1.29 is 14.3 Å². The van der Waals surface area contributed by atoms with Crippen LogP contribution in [-0.4, -0.2) is 52.9 Å². The minimum Gasteiger partial charge on any atom is -0.378 e. The number of aryl methyl sites for hydroxylation is 1. The second-order valence-electron chi connectivity index (χ2n) is 6.73. The normalized spacial score (nSPS) is 14.0. The van der Waals surface area contributed by atoms with Crippen LogP contribution < -0.4 is 10.6 Å². The molecule has 2 N–H and O–H groups in total. The Kier molecular flexibility index (Phi) is 5.44. The Balaban J connectivity index is 1.55. The van der Waals surface area contributed by atoms with Crippen LogP contribution in [0.3, 0.4) is 0 Å². The van der Waals surface area contributed by atoms with Crippen molar-refractivity contribution in [1.29, 1.82) is 0 Å². The molecule has 1 aromatic heterocycles. The van der Waals surface area contributed by atoms with Crippen LogP contribution in [-0.2, 0) is 11.3 Å². The molecule has 2 aromatic carbocycles. The molecule has 0 spiro atoms. The van der Waals surface area contributed by atoms with Gasteiger partial charge in [-0.3, -0.25) is 9.48 Å². The number of aromatic nitrogens is 2. The van der Waals surface area contributed by atoms with E-state index in [0.717, 1.165) is 10.8 Å². The maximum Gasteiger partial charge on any atom is 0.323 e. The zero-order valence-corrected chi connectivity index (χ0v) is 16.2. The first-order valence-electron chi connectivity index (χ1n) is 9.66. The lowest BCUT2D eigenvalue weighted by Gasteiger charge is -2.27. The first-order valence-corrected chi connectivity index (χ1v) is 9.66. The third-order valence-electron chi connectivity index (χ3n) is 4.93. The van der Waals surface area contributed by atoms with Crippen LogP contribution in [0.2, 0.25) is 0 Å². The average Bonchev–Trinajstić information content (AvgIpc) is 3.16. The standard InChI is InChI=1S/C21H23N5O3/c1-2-26-19(20(27)25-10-12-29-13-11-25)18(14-22-26)24-21(28)23-17-9-5-7-15-6-3-4-8-16(15)17/h3-9,14H,2,10-13H2,1H3,(H2,23,24,28). The summed E-state index contributed by atoms with van der Waals surface area (Å²) in [4.78, 5) is 27.4. The van der Waals surface area contributed by atoms with Crippen LogP contribution >= 0.6 is 0 Å². The van der Waals surface area contributed by atoms with Gasteiger partial charge in [0.05, 0.1) is 30.8 Å². The zero-order valence-electron chi connectivity index (χ0n) is 16.2. The monoisotopic (exact) mass is 393 g/mol. The van der Waals surface area contributed by atoms with Gasteiger partial charge in [-0.1, -0.05) is 36.4 Å². The van der Waals surface area contributed by atoms with Gasteiger partial charge in [-0.05, 0) is 18.4 Å². The number of nitrogens with zero attached hydrogens (tertiary/aromatic N) is 3. The van der Waals surface area contributed by atoms with E-state index in [1.807, 2.05) is 49.4 Å². The molecule has 2 heterocycles. The number of ether oxygens (including phenoxy) is 1. The number of urea groups is 1. The predicted molar refractivity (Wildman–Crippen MR) is 111 cm³/mol. The fourth-order valence-corrected chi connectivity index (χ4v) is 3.47. The molecular weight excluding hydrogens is 370 g/mol. The third-order valence-corrected chi connectivity index (χ3v) is 4.93. The maximum atomic E-state index is 13.0. The van der Waals surface area contributed by atoms with E-state index in [0.29, 0.717) is 49.9 Å². The van der Waals surface area contributed by atoms with Crippen LogP contribution in [0.5, 0.6) is 0 Å². The van der Waals surface area contributed by atoms with E-state index >= 15 is 0 Å². The van der Waals surface area contributed by atoms with E-state index in [1.54, 1.807) is 9.58 Å². The van der Waals surface area contributed by atoms with Gasteiger partial charge in [0.1, 0.15) is 5.69 Å². The summed E-state index contributed by atoms with van der Waals surface area (Å²) in [6.07, 6.45) is 1.51. The summed E-state index contributed by atoms with van der Waals surface area (Å²) in [6, 6.07) is 13.1. The molecule has 0 saturated carbocycles. The lowest BCUT2D eigenvalue weighted by molar-refractivity contribution is 0.0295. The quantitative estimate of drug-likeness (QED) is 0.713. The predicted octanol–water partition coefficient (Wildman–Crippen LogP) is 3.17. The summed E-state index contributed by atoms with van der Waals surface area (Å²) in [7, 11) is 0. The van der Waals surface area contributed by atoms with E-state index in [-0.39, 0.29) is 5.91 Å². The van der Waals surface area contributed by atoms with Crippen molar-refractivity contribution in [3.8, 4) is 0 Å². The smallest absolute Gasteiger partial charge is 0.323 e. The highest BCUT2D eigenvalue weighted by Crippen LogP contribution is 2.24. The molecule has 8 nitrogen and oxygen atoms in total. The van der Waals surface area contributed by atoms with Gasteiger partial charge in [-0.2, -0.15) is 5.10 Å². The summed E-state index contributed by atoms with van der Waals surface area (Å²) in [6.45, 7) is 4.50. The Morgan fingerprint density at radius 1 is 1.03 bits per heavy atom. The molecule has 1 aliphatic heterocycles. The number of hydrogen-bond acceptors (Lipinski definition) is 4. The maximum absolute atomic E-state index is 13.0. The third kappa shape index (κ3) is 3.93. The number of anilines is 2. The fourth-order valence-electron chi connectivity index (χ4n) is 3.47. The molecule has 0 radical (unpaired) electrons. The Bertz CT molecular complexity index is 1030. The van der Waals surface area contributed by atoms with E-state index < -0.39 is 6.03 Å². The van der Waals surface area contributed by atoms with Gasteiger partial charge in [-0.15, -0.1) is 0 Å². The second-order valence-corrected chi connectivity index (χ2v) is 6.73. The fraction of sp³-hybridized carbons (Fsp3) is 0.286. The first-order chi connectivity index (χ1) is 14.2. The van der Waals surface area contributed by atoms with Gasteiger partial charge in [0, 0.05) is 25.0 Å². The van der Waals surface area contributed by atoms with Gasteiger partial charge in [0.25, 0.3) is 5.91 Å². The van der Waals surface area contributed by atoms with E-state index in [1.165, 1.54) is 6.20 Å². The van der Waals surface area contributed by atoms with Crippen molar-refractivity contribution in [2.24, 2.45) is 0 Å². The summed E-state index contributed by atoms with van der Waals surface area (Å²) < 4.78 is 6.93. The largest absolute Gasteiger partial charge is 0.378 e. The molecule has 4 rings (SSSR count). The molecule has 29 heavy (non-hydrogen) atoms. The number of hydrogen-bond donors (Lipinski definition) is 2. The number of carbonyl (C=O) groups is 2. The van der Waals surface area contributed by atoms with E-state index in [4.69, 9.17) is 4.74 Å². The summed E-state index contributed by atoms with van der Waals surface area (Å²) >= 11 is 0. The summed E-state index contributed by atoms with van der Waals surface area (Å²) in [5, 5.41) is 11.9. The van der Waals surface area contributed by atoms with Gasteiger partial charge in [-0.25, -0.2) is 4.79 Å². The molecular formula is C21H23N5O3. The number of rotatable bonds is 4. The molecule has 3 amide bonds. The molecule has 1 fully saturated rings. The van der Waals surface area contributed by atoms with Gasteiger partial charge in [0.2, 0.25) is 0 Å².